The first-order valence-corrected chi connectivity index (χ1v) is 27.2. The summed E-state index contributed by atoms with van der Waals surface area (Å²) in [5.41, 5.74) is 18.2. The first-order chi connectivity index (χ1) is 41.4. The molecule has 10 heteroatoms. The maximum Gasteiger partial charge on any atom is 0.188 e. The summed E-state index contributed by atoms with van der Waals surface area (Å²) in [6.07, 6.45) is 7.27. The van der Waals surface area contributed by atoms with E-state index in [0.717, 1.165) is 144 Å². The Balaban J connectivity index is 1.13. The first kappa shape index (κ1) is 48.8. The number of nitriles is 2. The summed E-state index contributed by atoms with van der Waals surface area (Å²) >= 11 is 0. The minimum Gasteiger partial charge on any atom is -0.309 e. The highest BCUT2D eigenvalue weighted by molar-refractivity contribution is 6.23. The van der Waals surface area contributed by atoms with Crippen molar-refractivity contribution in [3.8, 4) is 90.8 Å². The average Bonchev–Trinajstić information content (AvgIpc) is 1.86. The predicted octanol–water partition coefficient (Wildman–Crippen LogP) is 18.6. The molecule has 0 N–H and O–H groups in total. The molecule has 0 aliphatic rings. The zero-order valence-electron chi connectivity index (χ0n) is 44.6. The van der Waals surface area contributed by atoms with Crippen LogP contribution < -0.4 is 0 Å². The smallest absolute Gasteiger partial charge is 0.188 e. The molecule has 6 heterocycles. The largest absolute Gasteiger partial charge is 0.309 e. The van der Waals surface area contributed by atoms with Crippen molar-refractivity contribution >= 4 is 76.5 Å². The van der Waals surface area contributed by atoms with Crippen molar-refractivity contribution in [2.75, 3.05) is 0 Å². The molecule has 6 aromatic heterocycles. The number of rotatable bonds is 8. The van der Waals surface area contributed by atoms with Crippen LogP contribution in [0.1, 0.15) is 11.1 Å². The lowest BCUT2D eigenvalue weighted by Crippen LogP contribution is -1.99. The van der Waals surface area contributed by atoms with E-state index in [1.165, 1.54) is 0 Å². The number of fused-ring (bicyclic) bond motifs is 8. The van der Waals surface area contributed by atoms with Crippen LogP contribution in [-0.2, 0) is 0 Å². The summed E-state index contributed by atoms with van der Waals surface area (Å²) in [5, 5.41) is 27.7. The van der Waals surface area contributed by atoms with Gasteiger partial charge in [0, 0.05) is 69.2 Å². The number of pyridine rings is 4. The Morgan fingerprint density at radius 2 is 0.643 bits per heavy atom. The zero-order valence-corrected chi connectivity index (χ0v) is 44.6. The minimum atomic E-state index is 0.510. The standard InChI is InChI=1S/C74H40N10/c1-77-53-17-25-71-61(39-53)59-31-45(43-75)15-23-69(59)83(71)55-19-21-57-63(41-55)73(51-35-47(65-11-3-7-27-79-65)33-48(36-51)66-12-4-8-28-80-66)58-22-20-56(84-70-24-16-46(44-76)32-60(70)62-40-54(78-2)18-26-72(62)84)42-64(58)74(57)52-37-49(67-13-5-9-29-81-67)34-50(38-52)68-14-6-10-30-82-68/h3-42H. The Kier molecular flexibility index (Phi) is 11.5. The fraction of sp³-hybridized carbons (Fsp3) is 0. The second-order valence-corrected chi connectivity index (χ2v) is 20.7. The van der Waals surface area contributed by atoms with E-state index in [4.69, 9.17) is 33.1 Å². The third kappa shape index (κ3) is 8.08. The molecule has 386 valence electrons. The molecular formula is C74H40N10. The third-order valence-corrected chi connectivity index (χ3v) is 15.9. The molecule has 0 aliphatic carbocycles. The molecule has 9 aromatic carbocycles. The highest BCUT2D eigenvalue weighted by Gasteiger charge is 2.24. The molecule has 0 fully saturated rings. The van der Waals surface area contributed by atoms with E-state index in [-0.39, 0.29) is 0 Å². The Morgan fingerprint density at radius 1 is 0.310 bits per heavy atom. The van der Waals surface area contributed by atoms with E-state index < -0.39 is 0 Å². The van der Waals surface area contributed by atoms with Gasteiger partial charge in [-0.05, 0) is 224 Å². The summed E-state index contributed by atoms with van der Waals surface area (Å²) in [7, 11) is 0. The maximum absolute atomic E-state index is 10.2. The van der Waals surface area contributed by atoms with Gasteiger partial charge in [-0.3, -0.25) is 19.9 Å². The van der Waals surface area contributed by atoms with Crippen molar-refractivity contribution in [2.45, 2.75) is 0 Å². The van der Waals surface area contributed by atoms with Crippen molar-refractivity contribution in [3.63, 3.8) is 0 Å². The molecule has 0 unspecified atom stereocenters. The van der Waals surface area contributed by atoms with Crippen molar-refractivity contribution in [2.24, 2.45) is 0 Å². The quantitative estimate of drug-likeness (QED) is 0.110. The fourth-order valence-corrected chi connectivity index (χ4v) is 12.2. The molecule has 0 atom stereocenters. The number of aromatic nitrogens is 6. The van der Waals surface area contributed by atoms with Crippen LogP contribution in [-0.4, -0.2) is 29.1 Å². The highest BCUT2D eigenvalue weighted by atomic mass is 15.0. The van der Waals surface area contributed by atoms with Gasteiger partial charge in [-0.1, -0.05) is 48.5 Å². The molecule has 0 bridgehead atoms. The van der Waals surface area contributed by atoms with Crippen molar-refractivity contribution < 1.29 is 0 Å². The molecule has 84 heavy (non-hydrogen) atoms. The third-order valence-electron chi connectivity index (χ3n) is 15.9. The van der Waals surface area contributed by atoms with Crippen LogP contribution in [0.4, 0.5) is 11.4 Å². The Morgan fingerprint density at radius 3 is 0.964 bits per heavy atom. The predicted molar refractivity (Wildman–Crippen MR) is 336 cm³/mol. The van der Waals surface area contributed by atoms with E-state index in [1.54, 1.807) is 0 Å². The normalized spacial score (nSPS) is 11.3. The van der Waals surface area contributed by atoms with Gasteiger partial charge in [-0.25, -0.2) is 9.69 Å². The lowest BCUT2D eigenvalue weighted by atomic mass is 9.83. The molecular weight excluding hydrogens is 1030 g/mol. The molecule has 0 saturated carbocycles. The fourth-order valence-electron chi connectivity index (χ4n) is 12.2. The van der Waals surface area contributed by atoms with E-state index in [2.05, 4.69) is 104 Å². The lowest BCUT2D eigenvalue weighted by Gasteiger charge is -2.22. The zero-order chi connectivity index (χ0) is 56.4. The molecule has 0 aliphatic heterocycles. The first-order valence-electron chi connectivity index (χ1n) is 27.2. The second-order valence-electron chi connectivity index (χ2n) is 20.7. The van der Waals surface area contributed by atoms with Crippen molar-refractivity contribution in [3.05, 3.63) is 277 Å². The van der Waals surface area contributed by atoms with Gasteiger partial charge < -0.3 is 9.13 Å². The van der Waals surface area contributed by atoms with Crippen molar-refractivity contribution in [1.82, 2.24) is 29.1 Å². The van der Waals surface area contributed by atoms with Gasteiger partial charge in [0.1, 0.15) is 0 Å². The van der Waals surface area contributed by atoms with Crippen LogP contribution in [0.15, 0.2) is 243 Å². The Labute approximate surface area is 481 Å². The van der Waals surface area contributed by atoms with Crippen molar-refractivity contribution in [1.29, 1.82) is 10.5 Å². The van der Waals surface area contributed by atoms with Crippen LogP contribution >= 0.6 is 0 Å². The van der Waals surface area contributed by atoms with Gasteiger partial charge in [0.05, 0.1) is 81.3 Å². The average molecular weight is 1070 g/mol. The van der Waals surface area contributed by atoms with Gasteiger partial charge in [0.25, 0.3) is 0 Å². The second kappa shape index (κ2) is 19.8. The number of hydrogen-bond donors (Lipinski definition) is 0. The maximum atomic E-state index is 10.2. The monoisotopic (exact) mass is 1070 g/mol. The van der Waals surface area contributed by atoms with E-state index >= 15 is 0 Å². The van der Waals surface area contributed by atoms with Crippen LogP contribution in [0.25, 0.3) is 154 Å². The molecule has 0 radical (unpaired) electrons. The summed E-state index contributed by atoms with van der Waals surface area (Å²) in [5.74, 6) is 0. The number of nitrogens with zero attached hydrogens (tertiary/aromatic N) is 10. The summed E-state index contributed by atoms with van der Waals surface area (Å²) in [6.45, 7) is 16.0. The summed E-state index contributed by atoms with van der Waals surface area (Å²) in [4.78, 5) is 27.2. The van der Waals surface area contributed by atoms with E-state index in [0.29, 0.717) is 22.5 Å². The van der Waals surface area contributed by atoms with E-state index in [9.17, 15) is 10.5 Å². The van der Waals surface area contributed by atoms with Gasteiger partial charge >= 0.3 is 0 Å². The van der Waals surface area contributed by atoms with Gasteiger partial charge in [-0.15, -0.1) is 0 Å². The molecule has 0 amide bonds. The number of benzene rings is 9. The molecule has 10 nitrogen and oxygen atoms in total. The van der Waals surface area contributed by atoms with Gasteiger partial charge in [-0.2, -0.15) is 10.5 Å². The lowest BCUT2D eigenvalue weighted by molar-refractivity contribution is 1.18. The Hall–Kier alpha value is -12.3. The SMILES string of the molecule is [C-]#[N+]c1ccc2c(c1)c1cc(C#N)ccc1n2-c1ccc2c(-c3cc(-c4ccccn4)cc(-c4ccccn4)c3)c3cc(-n4c5ccc(C#N)cc5c5cc([N+]#[C-])ccc54)ccc3c(-c3cc(-c4ccccn4)cc(-c4ccccn4)c3)c2c1. The van der Waals surface area contributed by atoms with Crippen LogP contribution in [0.2, 0.25) is 0 Å². The van der Waals surface area contributed by atoms with Gasteiger partial charge in [0.15, 0.2) is 11.4 Å². The van der Waals surface area contributed by atoms with Crippen LogP contribution in [0.3, 0.4) is 0 Å². The van der Waals surface area contributed by atoms with Gasteiger partial charge in [0.2, 0.25) is 0 Å². The molecule has 15 aromatic rings. The van der Waals surface area contributed by atoms with Crippen LogP contribution in [0, 0.1) is 35.8 Å². The topological polar surface area (TPSA) is 118 Å². The molecule has 0 saturated heterocycles. The van der Waals surface area contributed by atoms with Crippen LogP contribution in [0.5, 0.6) is 0 Å². The summed E-state index contributed by atoms with van der Waals surface area (Å²) < 4.78 is 4.47. The molecule has 0 spiro atoms. The van der Waals surface area contributed by atoms with E-state index in [1.807, 2.05) is 170 Å². The minimum absolute atomic E-state index is 0.510. The molecule has 15 rings (SSSR count). The number of hydrogen-bond acceptors (Lipinski definition) is 6. The summed E-state index contributed by atoms with van der Waals surface area (Å²) in [6, 6.07) is 78.2. The Bertz CT molecular complexity index is 4810. The highest BCUT2D eigenvalue weighted by Crippen LogP contribution is 2.49.